The first-order chi connectivity index (χ1) is 10.1. The van der Waals surface area contributed by atoms with Gasteiger partial charge in [0, 0.05) is 11.2 Å². The van der Waals surface area contributed by atoms with Crippen LogP contribution in [-0.4, -0.2) is 17.0 Å². The van der Waals surface area contributed by atoms with Gasteiger partial charge in [-0.15, -0.1) is 0 Å². The molecule has 110 valence electrons. The minimum absolute atomic E-state index is 0.196. The van der Waals surface area contributed by atoms with E-state index in [0.29, 0.717) is 22.9 Å². The number of benzene rings is 1. The average Bonchev–Trinajstić information content (AvgIpc) is 2.49. The van der Waals surface area contributed by atoms with Crippen LogP contribution in [0.1, 0.15) is 18.9 Å². The zero-order valence-electron chi connectivity index (χ0n) is 12.0. The minimum atomic E-state index is -0.564. The lowest BCUT2D eigenvalue weighted by Crippen LogP contribution is -2.32. The second-order valence-corrected chi connectivity index (χ2v) is 5.06. The van der Waals surface area contributed by atoms with E-state index in [1.54, 1.807) is 36.7 Å². The van der Waals surface area contributed by atoms with Gasteiger partial charge in [-0.2, -0.15) is 0 Å². The summed E-state index contributed by atoms with van der Waals surface area (Å²) in [5.41, 5.74) is 1.56. The maximum atomic E-state index is 12.2. The fourth-order valence-electron chi connectivity index (χ4n) is 1.84. The number of amides is 1. The quantitative estimate of drug-likeness (QED) is 0.913. The van der Waals surface area contributed by atoms with Crippen LogP contribution < -0.4 is 10.1 Å². The summed E-state index contributed by atoms with van der Waals surface area (Å²) in [4.78, 5) is 16.2. The summed E-state index contributed by atoms with van der Waals surface area (Å²) in [7, 11) is 0. The van der Waals surface area contributed by atoms with Crippen LogP contribution in [0.3, 0.4) is 0 Å². The molecule has 0 spiro atoms. The third-order valence-corrected chi connectivity index (χ3v) is 3.42. The van der Waals surface area contributed by atoms with E-state index in [4.69, 9.17) is 16.3 Å². The molecule has 5 heteroatoms. The molecule has 0 fully saturated rings. The number of nitrogens with zero attached hydrogens (tertiary/aromatic N) is 1. The number of carbonyl (C=O) groups excluding carboxylic acids is 1. The Balaban J connectivity index is 2.05. The van der Waals surface area contributed by atoms with Gasteiger partial charge in [-0.05, 0) is 49.2 Å². The fraction of sp³-hybridized carbons (Fsp3) is 0.250. The zero-order valence-corrected chi connectivity index (χ0v) is 12.7. The van der Waals surface area contributed by atoms with E-state index in [9.17, 15) is 4.79 Å². The molecule has 0 aliphatic heterocycles. The molecule has 1 amide bonds. The molecule has 2 aromatic rings. The van der Waals surface area contributed by atoms with E-state index in [1.165, 1.54) is 0 Å². The first-order valence-electron chi connectivity index (χ1n) is 6.74. The van der Waals surface area contributed by atoms with Gasteiger partial charge in [0.2, 0.25) is 0 Å². The number of pyridine rings is 1. The molecule has 0 bridgehead atoms. The van der Waals surface area contributed by atoms with Gasteiger partial charge in [-0.25, -0.2) is 0 Å². The summed E-state index contributed by atoms with van der Waals surface area (Å²) < 4.78 is 5.74. The lowest BCUT2D eigenvalue weighted by Gasteiger charge is -2.17. The van der Waals surface area contributed by atoms with Crippen molar-refractivity contribution in [2.45, 2.75) is 26.4 Å². The van der Waals surface area contributed by atoms with Crippen LogP contribution in [0.5, 0.6) is 5.75 Å². The normalized spacial score (nSPS) is 11.8. The molecule has 1 N–H and O–H groups in total. The highest BCUT2D eigenvalue weighted by Gasteiger charge is 2.18. The van der Waals surface area contributed by atoms with Gasteiger partial charge in [0.25, 0.3) is 5.91 Å². The Hall–Kier alpha value is -2.07. The van der Waals surface area contributed by atoms with Crippen molar-refractivity contribution in [3.63, 3.8) is 0 Å². The van der Waals surface area contributed by atoms with Crippen LogP contribution in [0.15, 0.2) is 42.7 Å². The summed E-state index contributed by atoms with van der Waals surface area (Å²) in [5, 5.41) is 3.46. The molecule has 1 heterocycles. The number of hydrogen-bond donors (Lipinski definition) is 1. The van der Waals surface area contributed by atoms with E-state index in [-0.39, 0.29) is 5.91 Å². The Bertz CT molecular complexity index is 617. The van der Waals surface area contributed by atoms with Gasteiger partial charge in [0.05, 0.1) is 11.9 Å². The number of ether oxygens (including phenoxy) is 1. The maximum absolute atomic E-state index is 12.2. The van der Waals surface area contributed by atoms with Crippen LogP contribution in [0.4, 0.5) is 5.69 Å². The molecule has 0 aliphatic carbocycles. The summed E-state index contributed by atoms with van der Waals surface area (Å²) in [6.45, 7) is 3.79. The lowest BCUT2D eigenvalue weighted by atomic mass is 10.2. The summed E-state index contributed by atoms with van der Waals surface area (Å²) >= 11 is 5.98. The number of nitrogens with one attached hydrogen (secondary N) is 1. The second-order valence-electron chi connectivity index (χ2n) is 4.66. The molecule has 1 aromatic heterocycles. The number of aryl methyl sites for hydroxylation is 1. The van der Waals surface area contributed by atoms with Crippen molar-refractivity contribution in [3.8, 4) is 5.75 Å². The average molecular weight is 305 g/mol. The summed E-state index contributed by atoms with van der Waals surface area (Å²) in [6, 6.07) is 8.89. The van der Waals surface area contributed by atoms with Crippen molar-refractivity contribution in [2.75, 3.05) is 5.32 Å². The number of carbonyl (C=O) groups is 1. The van der Waals surface area contributed by atoms with Crippen LogP contribution >= 0.6 is 11.6 Å². The molecule has 1 atom stereocenters. The highest BCUT2D eigenvalue weighted by Crippen LogP contribution is 2.22. The van der Waals surface area contributed by atoms with E-state index in [2.05, 4.69) is 10.3 Å². The van der Waals surface area contributed by atoms with Crippen molar-refractivity contribution < 1.29 is 9.53 Å². The van der Waals surface area contributed by atoms with Crippen molar-refractivity contribution in [1.29, 1.82) is 0 Å². The second kappa shape index (κ2) is 7.09. The summed E-state index contributed by atoms with van der Waals surface area (Å²) in [6.07, 6.45) is 3.25. The maximum Gasteiger partial charge on any atom is 0.265 e. The topological polar surface area (TPSA) is 51.2 Å². The lowest BCUT2D eigenvalue weighted by molar-refractivity contribution is -0.122. The highest BCUT2D eigenvalue weighted by molar-refractivity contribution is 6.31. The molecular formula is C16H17ClN2O2. The van der Waals surface area contributed by atoms with Crippen molar-refractivity contribution in [2.24, 2.45) is 0 Å². The third-order valence-electron chi connectivity index (χ3n) is 3.00. The molecule has 21 heavy (non-hydrogen) atoms. The Kier molecular flexibility index (Phi) is 5.17. The van der Waals surface area contributed by atoms with E-state index < -0.39 is 6.10 Å². The number of aromatic nitrogens is 1. The van der Waals surface area contributed by atoms with Gasteiger partial charge in [-0.1, -0.05) is 18.5 Å². The molecule has 1 aromatic carbocycles. The molecule has 0 radical (unpaired) electrons. The van der Waals surface area contributed by atoms with E-state index in [0.717, 1.165) is 5.56 Å². The monoisotopic (exact) mass is 304 g/mol. The molecule has 4 nitrogen and oxygen atoms in total. The molecule has 0 aliphatic rings. The van der Waals surface area contributed by atoms with Gasteiger partial charge in [0.1, 0.15) is 5.75 Å². The van der Waals surface area contributed by atoms with Crippen LogP contribution in [0.2, 0.25) is 5.02 Å². The highest BCUT2D eigenvalue weighted by atomic mass is 35.5. The Morgan fingerprint density at radius 1 is 1.43 bits per heavy atom. The molecule has 2 rings (SSSR count). The Morgan fingerprint density at radius 2 is 2.24 bits per heavy atom. The Labute approximate surface area is 129 Å². The molecule has 1 unspecified atom stereocenters. The van der Waals surface area contributed by atoms with Crippen molar-refractivity contribution in [1.82, 2.24) is 4.98 Å². The fourth-order valence-corrected chi connectivity index (χ4v) is 1.95. The van der Waals surface area contributed by atoms with Gasteiger partial charge < -0.3 is 10.1 Å². The molecule has 0 saturated carbocycles. The van der Waals surface area contributed by atoms with Crippen LogP contribution in [-0.2, 0) is 4.79 Å². The smallest absolute Gasteiger partial charge is 0.265 e. The van der Waals surface area contributed by atoms with Crippen LogP contribution in [0, 0.1) is 6.92 Å². The SMILES string of the molecule is CCC(Oc1ccc(Cl)c(C)c1)C(=O)Nc1cccnc1. The van der Waals surface area contributed by atoms with E-state index in [1.807, 2.05) is 19.9 Å². The van der Waals surface area contributed by atoms with Gasteiger partial charge in [-0.3, -0.25) is 9.78 Å². The standard InChI is InChI=1S/C16H17ClN2O2/c1-3-15(16(20)19-12-5-4-8-18-10-12)21-13-6-7-14(17)11(2)9-13/h4-10,15H,3H2,1-2H3,(H,19,20). The number of halogens is 1. The summed E-state index contributed by atoms with van der Waals surface area (Å²) in [5.74, 6) is 0.434. The first kappa shape index (κ1) is 15.3. The number of hydrogen-bond acceptors (Lipinski definition) is 3. The zero-order chi connectivity index (χ0) is 15.2. The third kappa shape index (κ3) is 4.20. The number of rotatable bonds is 5. The van der Waals surface area contributed by atoms with E-state index >= 15 is 0 Å². The minimum Gasteiger partial charge on any atom is -0.481 e. The number of anilines is 1. The predicted molar refractivity (Wildman–Crippen MR) is 83.8 cm³/mol. The molecule has 0 saturated heterocycles. The largest absolute Gasteiger partial charge is 0.481 e. The molecular weight excluding hydrogens is 288 g/mol. The van der Waals surface area contributed by atoms with Crippen molar-refractivity contribution >= 4 is 23.2 Å². The van der Waals surface area contributed by atoms with Gasteiger partial charge in [0.15, 0.2) is 6.10 Å². The predicted octanol–water partition coefficient (Wildman–Crippen LogP) is 3.84. The van der Waals surface area contributed by atoms with Crippen molar-refractivity contribution in [3.05, 3.63) is 53.3 Å². The van der Waals surface area contributed by atoms with Crippen LogP contribution in [0.25, 0.3) is 0 Å². The van der Waals surface area contributed by atoms with Gasteiger partial charge >= 0.3 is 0 Å². The first-order valence-corrected chi connectivity index (χ1v) is 7.11. The Morgan fingerprint density at radius 3 is 2.86 bits per heavy atom.